The lowest BCUT2D eigenvalue weighted by Gasteiger charge is -2.17. The van der Waals surface area contributed by atoms with Gasteiger partial charge in [0, 0.05) is 24.3 Å². The smallest absolute Gasteiger partial charge is 0.229 e. The van der Waals surface area contributed by atoms with Crippen molar-refractivity contribution in [3.8, 4) is 5.75 Å². The van der Waals surface area contributed by atoms with Crippen molar-refractivity contribution >= 4 is 34.0 Å². The highest BCUT2D eigenvalue weighted by Crippen LogP contribution is 2.28. The molecule has 0 spiro atoms. The standard InChI is InChI=1S/C23H22N2O3/c1-2-28-21-11-9-20(10-12-21)25-15-18(14-22(25)26)23(27)24-19-8-7-16-5-3-4-6-17(16)13-19/h3-13,18H,2,14-15H2,1H3,(H,24,27). The number of ether oxygens (including phenoxy) is 1. The second-order valence-electron chi connectivity index (χ2n) is 6.88. The van der Waals surface area contributed by atoms with Crippen molar-refractivity contribution in [3.05, 3.63) is 66.7 Å². The highest BCUT2D eigenvalue weighted by Gasteiger charge is 2.35. The van der Waals surface area contributed by atoms with E-state index in [-0.39, 0.29) is 24.2 Å². The molecule has 1 unspecified atom stereocenters. The molecule has 1 heterocycles. The molecule has 1 fully saturated rings. The van der Waals surface area contributed by atoms with Crippen LogP contribution in [-0.4, -0.2) is 25.0 Å². The van der Waals surface area contributed by atoms with E-state index in [9.17, 15) is 9.59 Å². The first kappa shape index (κ1) is 18.0. The number of anilines is 2. The highest BCUT2D eigenvalue weighted by molar-refractivity contribution is 6.04. The van der Waals surface area contributed by atoms with Gasteiger partial charge in [-0.05, 0) is 54.1 Å². The fraction of sp³-hybridized carbons (Fsp3) is 0.217. The zero-order chi connectivity index (χ0) is 19.5. The van der Waals surface area contributed by atoms with Crippen LogP contribution in [0.2, 0.25) is 0 Å². The summed E-state index contributed by atoms with van der Waals surface area (Å²) < 4.78 is 5.44. The van der Waals surface area contributed by atoms with E-state index < -0.39 is 0 Å². The number of carbonyl (C=O) groups is 2. The summed E-state index contributed by atoms with van der Waals surface area (Å²) in [6, 6.07) is 21.2. The van der Waals surface area contributed by atoms with Crippen molar-refractivity contribution in [3.63, 3.8) is 0 Å². The third-order valence-electron chi connectivity index (χ3n) is 4.97. The quantitative estimate of drug-likeness (QED) is 0.727. The number of benzene rings is 3. The van der Waals surface area contributed by atoms with Gasteiger partial charge in [0.05, 0.1) is 12.5 Å². The summed E-state index contributed by atoms with van der Waals surface area (Å²) in [5.74, 6) is 0.230. The molecule has 0 bridgehead atoms. The molecular weight excluding hydrogens is 352 g/mol. The minimum absolute atomic E-state index is 0.0391. The summed E-state index contributed by atoms with van der Waals surface area (Å²) in [5, 5.41) is 5.15. The van der Waals surface area contributed by atoms with Gasteiger partial charge in [-0.2, -0.15) is 0 Å². The van der Waals surface area contributed by atoms with Crippen LogP contribution in [0.5, 0.6) is 5.75 Å². The van der Waals surface area contributed by atoms with Crippen LogP contribution in [0.15, 0.2) is 66.7 Å². The maximum Gasteiger partial charge on any atom is 0.229 e. The average Bonchev–Trinajstić information content (AvgIpc) is 3.11. The van der Waals surface area contributed by atoms with Gasteiger partial charge in [0.25, 0.3) is 0 Å². The van der Waals surface area contributed by atoms with E-state index in [2.05, 4.69) is 5.32 Å². The van der Waals surface area contributed by atoms with Crippen molar-refractivity contribution < 1.29 is 14.3 Å². The first-order chi connectivity index (χ1) is 13.6. The van der Waals surface area contributed by atoms with Gasteiger partial charge >= 0.3 is 0 Å². The van der Waals surface area contributed by atoms with Gasteiger partial charge in [-0.25, -0.2) is 0 Å². The molecule has 2 amide bonds. The molecule has 5 nitrogen and oxygen atoms in total. The van der Waals surface area contributed by atoms with Crippen LogP contribution >= 0.6 is 0 Å². The van der Waals surface area contributed by atoms with Gasteiger partial charge in [0.2, 0.25) is 11.8 Å². The Morgan fingerprint density at radius 1 is 1.07 bits per heavy atom. The second kappa shape index (κ2) is 7.72. The largest absolute Gasteiger partial charge is 0.494 e. The minimum Gasteiger partial charge on any atom is -0.494 e. The van der Waals surface area contributed by atoms with Crippen molar-refractivity contribution in [2.75, 3.05) is 23.4 Å². The van der Waals surface area contributed by atoms with Crippen LogP contribution in [-0.2, 0) is 9.59 Å². The minimum atomic E-state index is -0.370. The lowest BCUT2D eigenvalue weighted by Crippen LogP contribution is -2.28. The number of hydrogen-bond acceptors (Lipinski definition) is 3. The SMILES string of the molecule is CCOc1ccc(N2CC(C(=O)Nc3ccc4ccccc4c3)CC2=O)cc1. The van der Waals surface area contributed by atoms with Gasteiger partial charge in [-0.15, -0.1) is 0 Å². The molecule has 142 valence electrons. The third kappa shape index (κ3) is 3.69. The van der Waals surface area contributed by atoms with E-state index in [0.717, 1.165) is 27.9 Å². The van der Waals surface area contributed by atoms with Gasteiger partial charge in [0.15, 0.2) is 0 Å². The molecular formula is C23H22N2O3. The number of nitrogens with zero attached hydrogens (tertiary/aromatic N) is 1. The molecule has 5 heteroatoms. The van der Waals surface area contributed by atoms with E-state index in [4.69, 9.17) is 4.74 Å². The highest BCUT2D eigenvalue weighted by atomic mass is 16.5. The molecule has 1 saturated heterocycles. The summed E-state index contributed by atoms with van der Waals surface area (Å²) >= 11 is 0. The maximum absolute atomic E-state index is 12.7. The molecule has 28 heavy (non-hydrogen) atoms. The molecule has 1 aliphatic rings. The number of carbonyl (C=O) groups excluding carboxylic acids is 2. The summed E-state index contributed by atoms with van der Waals surface area (Å²) in [5.41, 5.74) is 1.53. The third-order valence-corrected chi connectivity index (χ3v) is 4.97. The summed E-state index contributed by atoms with van der Waals surface area (Å²) in [6.45, 7) is 2.90. The molecule has 3 aromatic carbocycles. The average molecular weight is 374 g/mol. The first-order valence-corrected chi connectivity index (χ1v) is 9.47. The number of hydrogen-bond donors (Lipinski definition) is 1. The maximum atomic E-state index is 12.7. The predicted molar refractivity (Wildman–Crippen MR) is 111 cm³/mol. The predicted octanol–water partition coefficient (Wildman–Crippen LogP) is 4.23. The number of fused-ring (bicyclic) bond motifs is 1. The van der Waals surface area contributed by atoms with Crippen molar-refractivity contribution in [1.29, 1.82) is 0 Å². The zero-order valence-electron chi connectivity index (χ0n) is 15.7. The van der Waals surface area contributed by atoms with E-state index in [1.807, 2.05) is 73.7 Å². The lowest BCUT2D eigenvalue weighted by molar-refractivity contribution is -0.122. The monoisotopic (exact) mass is 374 g/mol. The van der Waals surface area contributed by atoms with Gasteiger partial charge in [-0.1, -0.05) is 30.3 Å². The Labute approximate surface area is 163 Å². The Balaban J connectivity index is 1.44. The second-order valence-corrected chi connectivity index (χ2v) is 6.88. The van der Waals surface area contributed by atoms with Crippen LogP contribution in [0.1, 0.15) is 13.3 Å². The molecule has 0 radical (unpaired) electrons. The molecule has 1 N–H and O–H groups in total. The molecule has 3 aromatic rings. The van der Waals surface area contributed by atoms with E-state index in [0.29, 0.717) is 13.2 Å². The first-order valence-electron chi connectivity index (χ1n) is 9.47. The van der Waals surface area contributed by atoms with Crippen LogP contribution in [0, 0.1) is 5.92 Å². The summed E-state index contributed by atoms with van der Waals surface area (Å²) in [6.07, 6.45) is 0.215. The zero-order valence-corrected chi connectivity index (χ0v) is 15.7. The Kier molecular flexibility index (Phi) is 4.98. The number of nitrogens with one attached hydrogen (secondary N) is 1. The molecule has 1 aliphatic heterocycles. The summed E-state index contributed by atoms with van der Waals surface area (Å²) in [4.78, 5) is 26.8. The fourth-order valence-corrected chi connectivity index (χ4v) is 3.53. The fourth-order valence-electron chi connectivity index (χ4n) is 3.53. The number of rotatable bonds is 5. The van der Waals surface area contributed by atoms with Gasteiger partial charge < -0.3 is 15.0 Å². The van der Waals surface area contributed by atoms with Crippen molar-refractivity contribution in [1.82, 2.24) is 0 Å². The van der Waals surface area contributed by atoms with E-state index in [1.54, 1.807) is 4.90 Å². The Hall–Kier alpha value is -3.34. The Bertz CT molecular complexity index is 1010. The van der Waals surface area contributed by atoms with Crippen LogP contribution in [0.25, 0.3) is 10.8 Å². The van der Waals surface area contributed by atoms with Crippen molar-refractivity contribution in [2.24, 2.45) is 5.92 Å². The van der Waals surface area contributed by atoms with Crippen LogP contribution in [0.4, 0.5) is 11.4 Å². The van der Waals surface area contributed by atoms with Crippen molar-refractivity contribution in [2.45, 2.75) is 13.3 Å². The Morgan fingerprint density at radius 2 is 1.82 bits per heavy atom. The molecule has 0 aliphatic carbocycles. The topological polar surface area (TPSA) is 58.6 Å². The van der Waals surface area contributed by atoms with Crippen LogP contribution in [0.3, 0.4) is 0 Å². The van der Waals surface area contributed by atoms with Crippen LogP contribution < -0.4 is 15.0 Å². The normalized spacial score (nSPS) is 16.4. The summed E-state index contributed by atoms with van der Waals surface area (Å²) in [7, 11) is 0. The Morgan fingerprint density at radius 3 is 2.57 bits per heavy atom. The molecule has 4 rings (SSSR count). The molecule has 0 saturated carbocycles. The van der Waals surface area contributed by atoms with Gasteiger partial charge in [-0.3, -0.25) is 9.59 Å². The molecule has 1 atom stereocenters. The lowest BCUT2D eigenvalue weighted by atomic mass is 10.1. The molecule has 0 aromatic heterocycles. The van der Waals surface area contributed by atoms with E-state index >= 15 is 0 Å². The number of amides is 2. The van der Waals surface area contributed by atoms with Gasteiger partial charge in [0.1, 0.15) is 5.75 Å². The van der Waals surface area contributed by atoms with E-state index in [1.165, 1.54) is 0 Å².